The van der Waals surface area contributed by atoms with E-state index in [1.165, 1.54) is 0 Å². The van der Waals surface area contributed by atoms with Crippen molar-refractivity contribution in [2.24, 2.45) is 0 Å². The van der Waals surface area contributed by atoms with E-state index < -0.39 is 0 Å². The number of rotatable bonds is 4. The van der Waals surface area contributed by atoms with Crippen LogP contribution in [0.4, 0.5) is 5.69 Å². The Morgan fingerprint density at radius 2 is 2.28 bits per heavy atom. The molecule has 0 aliphatic carbocycles. The second-order valence-corrected chi connectivity index (χ2v) is 5.59. The zero-order valence-corrected chi connectivity index (χ0v) is 11.3. The van der Waals surface area contributed by atoms with Crippen LogP contribution in [0.25, 0.3) is 0 Å². The molecule has 5 heteroatoms. The maximum absolute atomic E-state index is 12.1. The van der Waals surface area contributed by atoms with Crippen LogP contribution in [0.5, 0.6) is 0 Å². The maximum atomic E-state index is 12.1. The molecule has 1 aliphatic heterocycles. The van der Waals surface area contributed by atoms with Crippen molar-refractivity contribution in [3.05, 3.63) is 23.8 Å². The Morgan fingerprint density at radius 1 is 1.50 bits per heavy atom. The number of nitrogens with one attached hydrogen (secondary N) is 1. The van der Waals surface area contributed by atoms with Gasteiger partial charge in [-0.1, -0.05) is 6.07 Å². The fourth-order valence-electron chi connectivity index (χ4n) is 2.03. The van der Waals surface area contributed by atoms with Gasteiger partial charge in [0.2, 0.25) is 5.91 Å². The van der Waals surface area contributed by atoms with Gasteiger partial charge >= 0.3 is 0 Å². The van der Waals surface area contributed by atoms with E-state index in [2.05, 4.69) is 5.32 Å². The molecule has 18 heavy (non-hydrogen) atoms. The Morgan fingerprint density at radius 3 is 2.94 bits per heavy atom. The Bertz CT molecular complexity index is 476. The molecule has 1 heterocycles. The first-order valence-corrected chi connectivity index (χ1v) is 6.74. The molecule has 1 atom stereocenters. The van der Waals surface area contributed by atoms with Gasteiger partial charge in [-0.25, -0.2) is 0 Å². The number of carbonyl (C=O) groups is 2. The molecule has 1 aliphatic rings. The van der Waals surface area contributed by atoms with Crippen molar-refractivity contribution in [2.45, 2.75) is 23.6 Å². The zero-order valence-electron chi connectivity index (χ0n) is 10.5. The minimum Gasteiger partial charge on any atom is -0.316 e. The fraction of sp³-hybridized carbons (Fsp3) is 0.385. The third-order valence-electron chi connectivity index (χ3n) is 2.87. The van der Waals surface area contributed by atoms with Crippen molar-refractivity contribution < 1.29 is 9.59 Å². The summed E-state index contributed by atoms with van der Waals surface area (Å²) in [7, 11) is 1.88. The highest BCUT2D eigenvalue weighted by Gasteiger charge is 2.30. The Balaban J connectivity index is 2.41. The number of benzene rings is 1. The van der Waals surface area contributed by atoms with Gasteiger partial charge in [0.05, 0.1) is 17.5 Å². The number of aldehydes is 1. The number of thioether (sulfide) groups is 1. The highest BCUT2D eigenvalue weighted by Crippen LogP contribution is 2.39. The molecule has 1 aromatic carbocycles. The number of hydrogen-bond acceptors (Lipinski definition) is 4. The van der Waals surface area contributed by atoms with Gasteiger partial charge in [0, 0.05) is 11.4 Å². The van der Waals surface area contributed by atoms with Crippen LogP contribution in [0.15, 0.2) is 23.1 Å². The molecule has 2 rings (SSSR count). The van der Waals surface area contributed by atoms with Gasteiger partial charge in [0.15, 0.2) is 0 Å². The van der Waals surface area contributed by atoms with Gasteiger partial charge < -0.3 is 15.0 Å². The second kappa shape index (κ2) is 5.54. The van der Waals surface area contributed by atoms with Gasteiger partial charge in [-0.3, -0.25) is 4.79 Å². The smallest absolute Gasteiger partial charge is 0.240 e. The van der Waals surface area contributed by atoms with Crippen LogP contribution in [0.1, 0.15) is 12.5 Å². The SMILES string of the molecule is CNCc1ccc2c(c1)N(CC=O)C(=O)C(C)S2. The first-order valence-electron chi connectivity index (χ1n) is 5.86. The highest BCUT2D eigenvalue weighted by molar-refractivity contribution is 8.00. The summed E-state index contributed by atoms with van der Waals surface area (Å²) in [4.78, 5) is 25.4. The lowest BCUT2D eigenvalue weighted by molar-refractivity contribution is -0.119. The largest absolute Gasteiger partial charge is 0.316 e. The maximum Gasteiger partial charge on any atom is 0.240 e. The average Bonchev–Trinajstić information content (AvgIpc) is 2.36. The van der Waals surface area contributed by atoms with Crippen LogP contribution >= 0.6 is 11.8 Å². The average molecular weight is 264 g/mol. The molecule has 0 spiro atoms. The van der Waals surface area contributed by atoms with Gasteiger partial charge in [0.25, 0.3) is 0 Å². The molecule has 0 saturated heterocycles. The quantitative estimate of drug-likeness (QED) is 0.836. The van der Waals surface area contributed by atoms with Crippen molar-refractivity contribution in [3.8, 4) is 0 Å². The second-order valence-electron chi connectivity index (χ2n) is 4.21. The standard InChI is InChI=1S/C13H16N2O2S/c1-9-13(17)15(5-6-16)11-7-10(8-14-2)3-4-12(11)18-9/h3-4,6-7,9,14H,5,8H2,1-2H3. The summed E-state index contributed by atoms with van der Waals surface area (Å²) in [6.45, 7) is 2.74. The normalized spacial score (nSPS) is 18.7. The van der Waals surface area contributed by atoms with Gasteiger partial charge in [0.1, 0.15) is 6.29 Å². The molecule has 0 saturated carbocycles. The van der Waals surface area contributed by atoms with E-state index in [1.807, 2.05) is 32.2 Å². The van der Waals surface area contributed by atoms with E-state index in [0.717, 1.165) is 29.0 Å². The summed E-state index contributed by atoms with van der Waals surface area (Å²) >= 11 is 1.55. The molecule has 0 fully saturated rings. The Kier molecular flexibility index (Phi) is 4.04. The van der Waals surface area contributed by atoms with Crippen molar-refractivity contribution in [2.75, 3.05) is 18.5 Å². The van der Waals surface area contributed by atoms with Crippen LogP contribution in [0, 0.1) is 0 Å². The number of fused-ring (bicyclic) bond motifs is 1. The molecule has 1 amide bonds. The number of hydrogen-bond donors (Lipinski definition) is 1. The fourth-order valence-corrected chi connectivity index (χ4v) is 3.07. The number of amides is 1. The zero-order chi connectivity index (χ0) is 13.1. The third-order valence-corrected chi connectivity index (χ3v) is 4.02. The predicted octanol–water partition coefficient (Wildman–Crippen LogP) is 1.43. The Labute approximate surface area is 111 Å². The first kappa shape index (κ1) is 13.1. The predicted molar refractivity (Wildman–Crippen MR) is 72.9 cm³/mol. The Hall–Kier alpha value is -1.33. The van der Waals surface area contributed by atoms with Crippen LogP contribution in [0.3, 0.4) is 0 Å². The summed E-state index contributed by atoms with van der Waals surface area (Å²) in [6.07, 6.45) is 0.773. The minimum atomic E-state index is -0.132. The molecule has 0 radical (unpaired) electrons. The summed E-state index contributed by atoms with van der Waals surface area (Å²) < 4.78 is 0. The van der Waals surface area contributed by atoms with E-state index in [0.29, 0.717) is 0 Å². The molecule has 0 aromatic heterocycles. The van der Waals surface area contributed by atoms with Crippen molar-refractivity contribution in [3.63, 3.8) is 0 Å². The lowest BCUT2D eigenvalue weighted by atomic mass is 10.1. The number of carbonyl (C=O) groups excluding carboxylic acids is 2. The lowest BCUT2D eigenvalue weighted by Gasteiger charge is -2.31. The molecule has 1 N–H and O–H groups in total. The summed E-state index contributed by atoms with van der Waals surface area (Å²) in [5, 5.41) is 2.95. The summed E-state index contributed by atoms with van der Waals surface area (Å²) in [5.74, 6) is 0.00112. The monoisotopic (exact) mass is 264 g/mol. The molecule has 96 valence electrons. The van der Waals surface area contributed by atoms with Crippen molar-refractivity contribution in [1.29, 1.82) is 0 Å². The molecular weight excluding hydrogens is 248 g/mol. The van der Waals surface area contributed by atoms with Crippen molar-refractivity contribution in [1.82, 2.24) is 5.32 Å². The molecule has 1 aromatic rings. The summed E-state index contributed by atoms with van der Waals surface area (Å²) in [5.41, 5.74) is 1.96. The van der Waals surface area contributed by atoms with Crippen LogP contribution in [0.2, 0.25) is 0 Å². The molecular formula is C13H16N2O2S. The van der Waals surface area contributed by atoms with Crippen LogP contribution < -0.4 is 10.2 Å². The van der Waals surface area contributed by atoms with E-state index >= 15 is 0 Å². The summed E-state index contributed by atoms with van der Waals surface area (Å²) in [6, 6.07) is 6.05. The molecule has 4 nitrogen and oxygen atoms in total. The number of nitrogens with zero attached hydrogens (tertiary/aromatic N) is 1. The first-order chi connectivity index (χ1) is 8.67. The molecule has 1 unspecified atom stereocenters. The third kappa shape index (κ3) is 2.42. The van der Waals surface area contributed by atoms with Gasteiger partial charge in [-0.2, -0.15) is 0 Å². The van der Waals surface area contributed by atoms with Gasteiger partial charge in [-0.15, -0.1) is 11.8 Å². The van der Waals surface area contributed by atoms with Crippen molar-refractivity contribution >= 4 is 29.6 Å². The number of anilines is 1. The van der Waals surface area contributed by atoms with E-state index in [4.69, 9.17) is 0 Å². The van der Waals surface area contributed by atoms with Crippen LogP contribution in [-0.4, -0.2) is 31.0 Å². The minimum absolute atomic E-state index is 0.00112. The van der Waals surface area contributed by atoms with Crippen LogP contribution in [-0.2, 0) is 16.1 Å². The lowest BCUT2D eigenvalue weighted by Crippen LogP contribution is -2.40. The molecule has 0 bridgehead atoms. The van der Waals surface area contributed by atoms with E-state index in [-0.39, 0.29) is 17.7 Å². The van der Waals surface area contributed by atoms with E-state index in [9.17, 15) is 9.59 Å². The highest BCUT2D eigenvalue weighted by atomic mass is 32.2. The van der Waals surface area contributed by atoms with E-state index in [1.54, 1.807) is 16.7 Å². The topological polar surface area (TPSA) is 49.4 Å². The van der Waals surface area contributed by atoms with Gasteiger partial charge in [-0.05, 0) is 31.7 Å².